The van der Waals surface area contributed by atoms with E-state index in [9.17, 15) is 0 Å². The van der Waals surface area contributed by atoms with E-state index in [-0.39, 0.29) is 0 Å². The summed E-state index contributed by atoms with van der Waals surface area (Å²) in [5.74, 6) is 0.927. The molecule has 1 aromatic heterocycles. The number of rotatable bonds is 9. The minimum absolute atomic E-state index is 0.543. The molecule has 3 nitrogen and oxygen atoms in total. The summed E-state index contributed by atoms with van der Waals surface area (Å²) in [6.45, 7) is 7.20. The lowest BCUT2D eigenvalue weighted by molar-refractivity contribution is 0.341. The summed E-state index contributed by atoms with van der Waals surface area (Å²) in [6, 6.07) is 6.67. The normalized spacial score (nSPS) is 12.5. The van der Waals surface area contributed by atoms with E-state index in [1.807, 2.05) is 19.1 Å². The Kier molecular flexibility index (Phi) is 6.30. The summed E-state index contributed by atoms with van der Waals surface area (Å²) in [6.07, 6.45) is 6.17. The second-order valence-corrected chi connectivity index (χ2v) is 6.38. The first kappa shape index (κ1) is 16.1. The van der Waals surface area contributed by atoms with Gasteiger partial charge < -0.3 is 10.1 Å². The van der Waals surface area contributed by atoms with Crippen LogP contribution >= 0.6 is 11.3 Å². The molecule has 1 atom stereocenters. The minimum atomic E-state index is 0.543. The van der Waals surface area contributed by atoms with E-state index in [2.05, 4.69) is 25.2 Å². The maximum Gasteiger partial charge on any atom is 0.184 e. The van der Waals surface area contributed by atoms with Crippen LogP contribution in [-0.2, 0) is 0 Å². The first-order valence-electron chi connectivity index (χ1n) is 8.06. The number of nitrogens with zero attached hydrogens (tertiary/aromatic N) is 1. The van der Waals surface area contributed by atoms with E-state index in [1.54, 1.807) is 11.3 Å². The standard InChI is InChI=1S/C17H26N2OS/c1-4-7-9-13(8-5-2)18-17-19-15-11-10-14(20-6-3)12-16(15)21-17/h10-13H,4-9H2,1-3H3,(H,18,19). The minimum Gasteiger partial charge on any atom is -0.494 e. The number of hydrogen-bond donors (Lipinski definition) is 1. The highest BCUT2D eigenvalue weighted by Crippen LogP contribution is 2.30. The molecule has 0 amide bonds. The average molecular weight is 306 g/mol. The molecule has 0 aliphatic carbocycles. The van der Waals surface area contributed by atoms with Gasteiger partial charge >= 0.3 is 0 Å². The predicted octanol–water partition coefficient (Wildman–Crippen LogP) is 5.47. The summed E-state index contributed by atoms with van der Waals surface area (Å²) in [5.41, 5.74) is 1.05. The molecule has 2 rings (SSSR count). The van der Waals surface area contributed by atoms with Gasteiger partial charge in [0.1, 0.15) is 5.75 Å². The second kappa shape index (κ2) is 8.23. The molecule has 1 aromatic carbocycles. The van der Waals surface area contributed by atoms with E-state index in [0.29, 0.717) is 12.6 Å². The lowest BCUT2D eigenvalue weighted by Crippen LogP contribution is -2.18. The van der Waals surface area contributed by atoms with Crippen molar-refractivity contribution in [3.8, 4) is 5.75 Å². The Morgan fingerprint density at radius 3 is 2.76 bits per heavy atom. The van der Waals surface area contributed by atoms with Crippen LogP contribution in [0, 0.1) is 0 Å². The van der Waals surface area contributed by atoms with Crippen LogP contribution in [0.4, 0.5) is 5.13 Å². The highest BCUT2D eigenvalue weighted by Gasteiger charge is 2.11. The zero-order valence-corrected chi connectivity index (χ0v) is 14.1. The van der Waals surface area contributed by atoms with Gasteiger partial charge in [-0.2, -0.15) is 0 Å². The molecular formula is C17H26N2OS. The summed E-state index contributed by atoms with van der Waals surface area (Å²) < 4.78 is 6.74. The van der Waals surface area contributed by atoms with E-state index in [0.717, 1.165) is 16.4 Å². The third kappa shape index (κ3) is 4.60. The van der Waals surface area contributed by atoms with Crippen LogP contribution in [0.5, 0.6) is 5.75 Å². The Balaban J connectivity index is 2.09. The van der Waals surface area contributed by atoms with Gasteiger partial charge in [0.2, 0.25) is 0 Å². The van der Waals surface area contributed by atoms with Crippen LogP contribution in [0.25, 0.3) is 10.2 Å². The van der Waals surface area contributed by atoms with Gasteiger partial charge in [-0.15, -0.1) is 0 Å². The van der Waals surface area contributed by atoms with Gasteiger partial charge in [0.25, 0.3) is 0 Å². The van der Waals surface area contributed by atoms with Crippen molar-refractivity contribution >= 4 is 26.7 Å². The summed E-state index contributed by atoms with van der Waals surface area (Å²) in [5, 5.41) is 4.66. The van der Waals surface area contributed by atoms with E-state index < -0.39 is 0 Å². The maximum absolute atomic E-state index is 5.55. The summed E-state index contributed by atoms with van der Waals surface area (Å²) in [4.78, 5) is 4.70. The molecule has 0 radical (unpaired) electrons. The first-order chi connectivity index (χ1) is 10.3. The molecule has 0 aliphatic rings. The van der Waals surface area contributed by atoms with Crippen molar-refractivity contribution < 1.29 is 4.74 Å². The summed E-state index contributed by atoms with van der Waals surface area (Å²) in [7, 11) is 0. The van der Waals surface area contributed by atoms with Gasteiger partial charge in [0, 0.05) is 6.04 Å². The first-order valence-corrected chi connectivity index (χ1v) is 8.88. The molecule has 0 spiro atoms. The van der Waals surface area contributed by atoms with Crippen LogP contribution in [0.3, 0.4) is 0 Å². The van der Waals surface area contributed by atoms with E-state index in [4.69, 9.17) is 9.72 Å². The smallest absolute Gasteiger partial charge is 0.184 e. The number of ether oxygens (including phenoxy) is 1. The number of aromatic nitrogens is 1. The van der Waals surface area contributed by atoms with Crippen LogP contribution in [0.1, 0.15) is 52.9 Å². The Bertz CT molecular complexity index is 553. The van der Waals surface area contributed by atoms with Crippen molar-refractivity contribution in [1.82, 2.24) is 4.98 Å². The number of thiazole rings is 1. The molecule has 116 valence electrons. The van der Waals surface area contributed by atoms with Crippen molar-refractivity contribution in [3.63, 3.8) is 0 Å². The molecule has 0 saturated heterocycles. The Morgan fingerprint density at radius 2 is 2.05 bits per heavy atom. The van der Waals surface area contributed by atoms with Crippen LogP contribution < -0.4 is 10.1 Å². The number of unbranched alkanes of at least 4 members (excludes halogenated alkanes) is 1. The monoisotopic (exact) mass is 306 g/mol. The zero-order chi connectivity index (χ0) is 15.1. The Hall–Kier alpha value is -1.29. The zero-order valence-electron chi connectivity index (χ0n) is 13.3. The highest BCUT2D eigenvalue weighted by atomic mass is 32.1. The lowest BCUT2D eigenvalue weighted by atomic mass is 10.1. The van der Waals surface area contributed by atoms with Gasteiger partial charge in [-0.05, 0) is 38.0 Å². The van der Waals surface area contributed by atoms with Crippen molar-refractivity contribution in [2.45, 2.75) is 58.9 Å². The van der Waals surface area contributed by atoms with Gasteiger partial charge in [-0.3, -0.25) is 0 Å². The molecule has 1 unspecified atom stereocenters. The molecule has 1 N–H and O–H groups in total. The summed E-state index contributed by atoms with van der Waals surface area (Å²) >= 11 is 1.72. The number of nitrogens with one attached hydrogen (secondary N) is 1. The topological polar surface area (TPSA) is 34.2 Å². The highest BCUT2D eigenvalue weighted by molar-refractivity contribution is 7.22. The number of anilines is 1. The van der Waals surface area contributed by atoms with Gasteiger partial charge in [-0.25, -0.2) is 4.98 Å². The SMILES string of the molecule is CCCCC(CCC)Nc1nc2ccc(OCC)cc2s1. The number of benzene rings is 1. The molecular weight excluding hydrogens is 280 g/mol. The van der Waals surface area contributed by atoms with Crippen molar-refractivity contribution in [2.75, 3.05) is 11.9 Å². The third-order valence-electron chi connectivity index (χ3n) is 3.54. The number of fused-ring (bicyclic) bond motifs is 1. The fourth-order valence-electron chi connectivity index (χ4n) is 2.49. The average Bonchev–Trinajstić information content (AvgIpc) is 2.87. The van der Waals surface area contributed by atoms with Gasteiger partial charge in [0.15, 0.2) is 5.13 Å². The molecule has 1 heterocycles. The molecule has 4 heteroatoms. The van der Waals surface area contributed by atoms with Crippen LogP contribution in [-0.4, -0.2) is 17.6 Å². The van der Waals surface area contributed by atoms with Gasteiger partial charge in [-0.1, -0.05) is 44.4 Å². The second-order valence-electron chi connectivity index (χ2n) is 5.35. The van der Waals surface area contributed by atoms with Gasteiger partial charge in [0.05, 0.1) is 16.8 Å². The van der Waals surface area contributed by atoms with Crippen LogP contribution in [0.15, 0.2) is 18.2 Å². The van der Waals surface area contributed by atoms with Crippen molar-refractivity contribution in [1.29, 1.82) is 0 Å². The maximum atomic E-state index is 5.55. The quantitative estimate of drug-likeness (QED) is 0.667. The molecule has 0 aliphatic heterocycles. The molecule has 2 aromatic rings. The van der Waals surface area contributed by atoms with Crippen LogP contribution in [0.2, 0.25) is 0 Å². The third-order valence-corrected chi connectivity index (χ3v) is 4.49. The molecule has 0 fully saturated rings. The molecule has 0 saturated carbocycles. The van der Waals surface area contributed by atoms with E-state index >= 15 is 0 Å². The van der Waals surface area contributed by atoms with Crippen molar-refractivity contribution in [3.05, 3.63) is 18.2 Å². The molecule has 0 bridgehead atoms. The van der Waals surface area contributed by atoms with E-state index in [1.165, 1.54) is 36.8 Å². The lowest BCUT2D eigenvalue weighted by Gasteiger charge is -2.16. The largest absolute Gasteiger partial charge is 0.494 e. The Morgan fingerprint density at radius 1 is 1.19 bits per heavy atom. The fraction of sp³-hybridized carbons (Fsp3) is 0.588. The fourth-order valence-corrected chi connectivity index (χ4v) is 3.46. The Labute approximate surface area is 131 Å². The molecule has 21 heavy (non-hydrogen) atoms. The van der Waals surface area contributed by atoms with Crippen molar-refractivity contribution in [2.24, 2.45) is 0 Å². The predicted molar refractivity (Wildman–Crippen MR) is 92.6 cm³/mol. The number of hydrogen-bond acceptors (Lipinski definition) is 4.